The van der Waals surface area contributed by atoms with Crippen molar-refractivity contribution in [1.82, 2.24) is 4.90 Å². The van der Waals surface area contributed by atoms with Gasteiger partial charge < -0.3 is 9.64 Å². The summed E-state index contributed by atoms with van der Waals surface area (Å²) in [6, 6.07) is 8.19. The Balaban J connectivity index is 1.94. The predicted octanol–water partition coefficient (Wildman–Crippen LogP) is 2.66. The zero-order valence-corrected chi connectivity index (χ0v) is 11.5. The molecule has 1 amide bonds. The van der Waals surface area contributed by atoms with Crippen LogP contribution in [-0.2, 0) is 11.2 Å². The normalized spacial score (nSPS) is 19.0. The van der Waals surface area contributed by atoms with Gasteiger partial charge in [-0.3, -0.25) is 4.79 Å². The Morgan fingerprint density at radius 1 is 1.47 bits per heavy atom. The van der Waals surface area contributed by atoms with Crippen molar-refractivity contribution >= 4 is 5.91 Å². The minimum Gasteiger partial charge on any atom is -0.497 e. The second-order valence-electron chi connectivity index (χ2n) is 5.05. The highest BCUT2D eigenvalue weighted by Crippen LogP contribution is 2.22. The van der Waals surface area contributed by atoms with Gasteiger partial charge in [0.2, 0.25) is 5.91 Å². The summed E-state index contributed by atoms with van der Waals surface area (Å²) in [7, 11) is 1.68. The van der Waals surface area contributed by atoms with Gasteiger partial charge in [0.15, 0.2) is 0 Å². The Morgan fingerprint density at radius 3 is 2.84 bits per heavy atom. The van der Waals surface area contributed by atoms with Crippen molar-refractivity contribution in [3.8, 4) is 5.75 Å². The average molecular weight is 259 g/mol. The lowest BCUT2D eigenvalue weighted by Gasteiger charge is -2.32. The van der Waals surface area contributed by atoms with Gasteiger partial charge in [0.25, 0.3) is 0 Å². The fraction of sp³-hybridized carbons (Fsp3) is 0.438. The molecule has 1 aromatic carbocycles. The van der Waals surface area contributed by atoms with E-state index in [1.807, 2.05) is 17.0 Å². The minimum atomic E-state index is 0.0550. The summed E-state index contributed by atoms with van der Waals surface area (Å²) in [5.41, 5.74) is 1.30. The minimum absolute atomic E-state index is 0.0550. The fourth-order valence-corrected chi connectivity index (χ4v) is 2.66. The van der Waals surface area contributed by atoms with E-state index in [9.17, 15) is 4.79 Å². The topological polar surface area (TPSA) is 29.5 Å². The summed E-state index contributed by atoms with van der Waals surface area (Å²) in [6.07, 6.45) is 4.70. The van der Waals surface area contributed by atoms with Crippen LogP contribution in [0.15, 0.2) is 36.9 Å². The summed E-state index contributed by atoms with van der Waals surface area (Å²) in [6.45, 7) is 5.27. The molecule has 2 rings (SSSR count). The molecule has 0 saturated carbocycles. The highest BCUT2D eigenvalue weighted by atomic mass is 16.5. The molecule has 0 bridgehead atoms. The van der Waals surface area contributed by atoms with Crippen molar-refractivity contribution in [1.29, 1.82) is 0 Å². The summed E-state index contributed by atoms with van der Waals surface area (Å²) in [4.78, 5) is 13.5. The third-order valence-corrected chi connectivity index (χ3v) is 3.69. The molecule has 1 aromatic rings. The van der Waals surface area contributed by atoms with Crippen LogP contribution in [-0.4, -0.2) is 31.0 Å². The summed E-state index contributed by atoms with van der Waals surface area (Å²) >= 11 is 0. The number of benzene rings is 1. The number of piperidine rings is 1. The number of ether oxygens (including phenoxy) is 1. The van der Waals surface area contributed by atoms with E-state index in [4.69, 9.17) is 4.74 Å². The van der Waals surface area contributed by atoms with Gasteiger partial charge in [-0.05, 0) is 49.0 Å². The summed E-state index contributed by atoms with van der Waals surface area (Å²) < 4.78 is 5.16. The zero-order valence-electron chi connectivity index (χ0n) is 11.5. The molecule has 1 heterocycles. The maximum atomic E-state index is 11.6. The van der Waals surface area contributed by atoms with Crippen molar-refractivity contribution in [2.24, 2.45) is 5.92 Å². The second kappa shape index (κ2) is 6.41. The number of likely N-dealkylation sites (tertiary alicyclic amines) is 1. The number of carbonyl (C=O) groups excluding carboxylic acids is 1. The molecule has 0 N–H and O–H groups in total. The van der Waals surface area contributed by atoms with E-state index in [-0.39, 0.29) is 5.91 Å². The molecular weight excluding hydrogens is 238 g/mol. The molecule has 0 aliphatic carbocycles. The van der Waals surface area contributed by atoms with Gasteiger partial charge in [0, 0.05) is 13.1 Å². The predicted molar refractivity (Wildman–Crippen MR) is 76.2 cm³/mol. The molecular formula is C16H21NO2. The molecule has 19 heavy (non-hydrogen) atoms. The first-order valence-corrected chi connectivity index (χ1v) is 6.77. The van der Waals surface area contributed by atoms with E-state index in [2.05, 4.69) is 18.7 Å². The van der Waals surface area contributed by atoms with Gasteiger partial charge in [-0.2, -0.15) is 0 Å². The molecule has 1 saturated heterocycles. The smallest absolute Gasteiger partial charge is 0.245 e. The largest absolute Gasteiger partial charge is 0.497 e. The monoisotopic (exact) mass is 259 g/mol. The first-order chi connectivity index (χ1) is 9.22. The molecule has 0 radical (unpaired) electrons. The van der Waals surface area contributed by atoms with Gasteiger partial charge in [-0.25, -0.2) is 0 Å². The van der Waals surface area contributed by atoms with Gasteiger partial charge in [0.1, 0.15) is 5.75 Å². The zero-order chi connectivity index (χ0) is 13.7. The first-order valence-electron chi connectivity index (χ1n) is 6.77. The highest BCUT2D eigenvalue weighted by Gasteiger charge is 2.22. The van der Waals surface area contributed by atoms with E-state index in [1.165, 1.54) is 18.1 Å². The number of amides is 1. The molecule has 1 fully saturated rings. The standard InChI is InChI=1S/C16H21NO2/c1-3-16(18)17-10-4-5-14(12-17)11-13-6-8-15(19-2)9-7-13/h3,6-9,14H,1,4-5,10-12H2,2H3. The van der Waals surface area contributed by atoms with Crippen LogP contribution in [0.4, 0.5) is 0 Å². The van der Waals surface area contributed by atoms with Crippen LogP contribution >= 0.6 is 0 Å². The van der Waals surface area contributed by atoms with Crippen molar-refractivity contribution < 1.29 is 9.53 Å². The Morgan fingerprint density at radius 2 is 2.21 bits per heavy atom. The number of carbonyl (C=O) groups is 1. The molecule has 3 nitrogen and oxygen atoms in total. The van der Waals surface area contributed by atoms with Crippen LogP contribution in [0, 0.1) is 5.92 Å². The van der Waals surface area contributed by atoms with E-state index in [0.29, 0.717) is 5.92 Å². The van der Waals surface area contributed by atoms with Gasteiger partial charge in [0.05, 0.1) is 7.11 Å². The fourth-order valence-electron chi connectivity index (χ4n) is 2.66. The van der Waals surface area contributed by atoms with Crippen molar-refractivity contribution in [2.75, 3.05) is 20.2 Å². The number of nitrogens with zero attached hydrogens (tertiary/aromatic N) is 1. The Kier molecular flexibility index (Phi) is 4.61. The van der Waals surface area contributed by atoms with Crippen LogP contribution in [0.25, 0.3) is 0 Å². The van der Waals surface area contributed by atoms with Crippen LogP contribution in [0.2, 0.25) is 0 Å². The molecule has 1 unspecified atom stereocenters. The van der Waals surface area contributed by atoms with Crippen LogP contribution in [0.1, 0.15) is 18.4 Å². The molecule has 1 atom stereocenters. The van der Waals surface area contributed by atoms with Crippen LogP contribution in [0.5, 0.6) is 5.75 Å². The van der Waals surface area contributed by atoms with Crippen LogP contribution < -0.4 is 4.74 Å². The van der Waals surface area contributed by atoms with Gasteiger partial charge in [-0.15, -0.1) is 0 Å². The molecule has 1 aliphatic heterocycles. The quantitative estimate of drug-likeness (QED) is 0.778. The number of hydrogen-bond donors (Lipinski definition) is 0. The molecule has 0 aromatic heterocycles. The van der Waals surface area contributed by atoms with E-state index in [0.717, 1.165) is 31.7 Å². The highest BCUT2D eigenvalue weighted by molar-refractivity contribution is 5.87. The molecule has 0 spiro atoms. The first kappa shape index (κ1) is 13.7. The third kappa shape index (κ3) is 3.60. The van der Waals surface area contributed by atoms with E-state index < -0.39 is 0 Å². The Bertz CT molecular complexity index is 439. The number of hydrogen-bond acceptors (Lipinski definition) is 2. The number of rotatable bonds is 4. The van der Waals surface area contributed by atoms with Crippen molar-refractivity contribution in [3.63, 3.8) is 0 Å². The maximum absolute atomic E-state index is 11.6. The van der Waals surface area contributed by atoms with Gasteiger partial charge in [-0.1, -0.05) is 18.7 Å². The summed E-state index contributed by atoms with van der Waals surface area (Å²) in [5.74, 6) is 1.49. The SMILES string of the molecule is C=CC(=O)N1CCCC(Cc2ccc(OC)cc2)C1. The lowest BCUT2D eigenvalue weighted by Crippen LogP contribution is -2.39. The van der Waals surface area contributed by atoms with Gasteiger partial charge >= 0.3 is 0 Å². The molecule has 1 aliphatic rings. The van der Waals surface area contributed by atoms with E-state index >= 15 is 0 Å². The van der Waals surface area contributed by atoms with Crippen molar-refractivity contribution in [3.05, 3.63) is 42.5 Å². The maximum Gasteiger partial charge on any atom is 0.245 e. The Hall–Kier alpha value is -1.77. The van der Waals surface area contributed by atoms with Crippen LogP contribution in [0.3, 0.4) is 0 Å². The van der Waals surface area contributed by atoms with E-state index in [1.54, 1.807) is 7.11 Å². The Labute approximate surface area is 114 Å². The lowest BCUT2D eigenvalue weighted by molar-refractivity contribution is -0.127. The third-order valence-electron chi connectivity index (χ3n) is 3.69. The lowest BCUT2D eigenvalue weighted by atomic mass is 9.91. The molecule has 102 valence electrons. The average Bonchev–Trinajstić information content (AvgIpc) is 2.47. The summed E-state index contributed by atoms with van der Waals surface area (Å²) in [5, 5.41) is 0. The second-order valence-corrected chi connectivity index (χ2v) is 5.05. The van der Waals surface area contributed by atoms with Crippen molar-refractivity contribution in [2.45, 2.75) is 19.3 Å². The number of methoxy groups -OCH3 is 1. The molecule has 3 heteroatoms.